The molecule has 0 amide bonds. The quantitative estimate of drug-likeness (QED) is 0.417. The van der Waals surface area contributed by atoms with E-state index >= 15 is 0 Å². The Hall–Kier alpha value is -0.0931. The fraction of sp³-hybridized carbons (Fsp3) is 1.00. The minimum Gasteiger partial charge on any atom is -0.330 e. The van der Waals surface area contributed by atoms with Gasteiger partial charge in [0.05, 0.1) is 0 Å². The van der Waals surface area contributed by atoms with Gasteiger partial charge in [-0.05, 0) is 19.6 Å². The standard InChI is InChI=1S/C7H13F6O4PSi/c1-19(2,3)17-18(14,15-4-6(8,9)10)16-5-7(11,12)13/h4-5H2,1-3H3. The molecule has 0 rings (SSSR count). The third kappa shape index (κ3) is 11.4. The van der Waals surface area contributed by atoms with Gasteiger partial charge in [0.2, 0.25) is 0 Å². The van der Waals surface area contributed by atoms with E-state index in [4.69, 9.17) is 0 Å². The minimum absolute atomic E-state index is 1.41. The zero-order chi connectivity index (χ0) is 15.5. The van der Waals surface area contributed by atoms with Gasteiger partial charge in [-0.15, -0.1) is 0 Å². The second kappa shape index (κ2) is 6.13. The number of hydrogen-bond acceptors (Lipinski definition) is 4. The van der Waals surface area contributed by atoms with Gasteiger partial charge in [0.25, 0.3) is 0 Å². The number of alkyl halides is 6. The number of phosphoric ester groups is 1. The van der Waals surface area contributed by atoms with Crippen molar-refractivity contribution in [3.05, 3.63) is 0 Å². The van der Waals surface area contributed by atoms with Crippen molar-refractivity contribution >= 4 is 16.1 Å². The number of halogens is 6. The molecule has 0 aliphatic carbocycles. The summed E-state index contributed by atoms with van der Waals surface area (Å²) in [5.74, 6) is 0. The molecule has 0 bridgehead atoms. The van der Waals surface area contributed by atoms with Crippen molar-refractivity contribution in [1.29, 1.82) is 0 Å². The largest absolute Gasteiger partial charge is 0.465 e. The molecule has 0 N–H and O–H groups in total. The van der Waals surface area contributed by atoms with Crippen LogP contribution in [0.2, 0.25) is 19.6 Å². The average Bonchev–Trinajstić information content (AvgIpc) is 2.07. The second-order valence-electron chi connectivity index (χ2n) is 4.43. The van der Waals surface area contributed by atoms with E-state index in [-0.39, 0.29) is 0 Å². The Morgan fingerprint density at radius 2 is 1.21 bits per heavy atom. The Morgan fingerprint density at radius 3 is 1.42 bits per heavy atom. The van der Waals surface area contributed by atoms with Crippen molar-refractivity contribution in [2.45, 2.75) is 32.0 Å². The Kier molecular flexibility index (Phi) is 6.10. The van der Waals surface area contributed by atoms with E-state index in [1.807, 2.05) is 0 Å². The molecule has 0 aliphatic rings. The van der Waals surface area contributed by atoms with Crippen molar-refractivity contribution in [3.63, 3.8) is 0 Å². The maximum Gasteiger partial charge on any atom is 0.465 e. The Bertz CT molecular complexity index is 314. The SMILES string of the molecule is C[Si](C)(C)OP(=O)(OCC(F)(F)F)OCC(F)(F)F. The minimum atomic E-state index is -4.91. The van der Waals surface area contributed by atoms with Crippen LogP contribution in [-0.4, -0.2) is 33.9 Å². The number of rotatable bonds is 6. The average molecular weight is 334 g/mol. The van der Waals surface area contributed by atoms with Gasteiger partial charge < -0.3 is 4.21 Å². The normalized spacial score (nSPS) is 14.8. The fourth-order valence-electron chi connectivity index (χ4n) is 0.730. The van der Waals surface area contributed by atoms with E-state index in [0.29, 0.717) is 0 Å². The molecule has 0 heterocycles. The summed E-state index contributed by atoms with van der Waals surface area (Å²) in [7, 11) is -7.65. The van der Waals surface area contributed by atoms with Crippen LogP contribution in [0, 0.1) is 0 Å². The van der Waals surface area contributed by atoms with Crippen molar-refractivity contribution in [2.75, 3.05) is 13.2 Å². The predicted molar refractivity (Wildman–Crippen MR) is 56.1 cm³/mol. The van der Waals surface area contributed by atoms with Gasteiger partial charge in [-0.2, -0.15) is 26.3 Å². The van der Waals surface area contributed by atoms with Crippen LogP contribution in [0.5, 0.6) is 0 Å². The van der Waals surface area contributed by atoms with E-state index in [2.05, 4.69) is 13.3 Å². The molecule has 0 saturated carbocycles. The molecular formula is C7H13F6O4PSi. The van der Waals surface area contributed by atoms with E-state index < -0.39 is 41.7 Å². The smallest absolute Gasteiger partial charge is 0.330 e. The highest BCUT2D eigenvalue weighted by atomic mass is 31.2. The summed E-state index contributed by atoms with van der Waals surface area (Å²) in [5, 5.41) is 0. The van der Waals surface area contributed by atoms with Gasteiger partial charge in [-0.1, -0.05) is 0 Å². The third-order valence-corrected chi connectivity index (χ3v) is 5.13. The predicted octanol–water partition coefficient (Wildman–Crippen LogP) is 4.10. The third-order valence-electron chi connectivity index (χ3n) is 1.16. The van der Waals surface area contributed by atoms with E-state index in [1.165, 1.54) is 19.6 Å². The molecule has 19 heavy (non-hydrogen) atoms. The van der Waals surface area contributed by atoms with Crippen LogP contribution in [0.3, 0.4) is 0 Å². The first-order valence-corrected chi connectivity index (χ1v) is 9.72. The first-order chi connectivity index (χ1) is 8.12. The highest BCUT2D eigenvalue weighted by molar-refractivity contribution is 7.50. The lowest BCUT2D eigenvalue weighted by Gasteiger charge is -2.25. The first kappa shape index (κ1) is 18.9. The van der Waals surface area contributed by atoms with Crippen LogP contribution in [0.4, 0.5) is 26.3 Å². The molecule has 0 unspecified atom stereocenters. The molecule has 12 heteroatoms. The van der Waals surface area contributed by atoms with Crippen LogP contribution in [-0.2, 0) is 17.8 Å². The number of hydrogen-bond donors (Lipinski definition) is 0. The zero-order valence-electron chi connectivity index (χ0n) is 10.3. The Balaban J connectivity index is 4.78. The summed E-state index contributed by atoms with van der Waals surface area (Å²) in [6.07, 6.45) is -9.72. The highest BCUT2D eigenvalue weighted by Crippen LogP contribution is 2.53. The molecule has 0 spiro atoms. The van der Waals surface area contributed by atoms with Crippen LogP contribution < -0.4 is 0 Å². The fourth-order valence-corrected chi connectivity index (χ4v) is 4.52. The van der Waals surface area contributed by atoms with Gasteiger partial charge in [-0.3, -0.25) is 9.05 Å². The van der Waals surface area contributed by atoms with Crippen molar-refractivity contribution < 1.29 is 44.2 Å². The summed E-state index contributed by atoms with van der Waals surface area (Å²) in [6, 6.07) is 0. The Morgan fingerprint density at radius 1 is 0.895 bits per heavy atom. The van der Waals surface area contributed by atoms with Gasteiger partial charge in [-0.25, -0.2) is 4.57 Å². The van der Waals surface area contributed by atoms with Gasteiger partial charge in [0.15, 0.2) is 21.5 Å². The van der Waals surface area contributed by atoms with Crippen LogP contribution in [0.25, 0.3) is 0 Å². The maximum atomic E-state index is 11.9. The molecule has 0 saturated heterocycles. The highest BCUT2D eigenvalue weighted by Gasteiger charge is 2.42. The maximum absolute atomic E-state index is 11.9. The van der Waals surface area contributed by atoms with E-state index in [0.717, 1.165) is 0 Å². The lowest BCUT2D eigenvalue weighted by atomic mass is 10.7. The van der Waals surface area contributed by atoms with Crippen molar-refractivity contribution in [2.24, 2.45) is 0 Å². The first-order valence-electron chi connectivity index (χ1n) is 4.85. The van der Waals surface area contributed by atoms with Gasteiger partial charge in [0.1, 0.15) is 0 Å². The summed E-state index contributed by atoms with van der Waals surface area (Å²) in [4.78, 5) is 0. The number of phosphoric acid groups is 1. The van der Waals surface area contributed by atoms with Crippen molar-refractivity contribution in [3.8, 4) is 0 Å². The molecule has 0 aliphatic heterocycles. The van der Waals surface area contributed by atoms with E-state index in [9.17, 15) is 30.9 Å². The topological polar surface area (TPSA) is 44.8 Å². The molecule has 0 atom stereocenters. The Labute approximate surface area is 106 Å². The summed E-state index contributed by atoms with van der Waals surface area (Å²) < 4.78 is 95.7. The molecule has 0 aromatic carbocycles. The molecule has 0 radical (unpaired) electrons. The zero-order valence-corrected chi connectivity index (χ0v) is 12.2. The van der Waals surface area contributed by atoms with Crippen molar-refractivity contribution in [1.82, 2.24) is 0 Å². The molecule has 116 valence electrons. The van der Waals surface area contributed by atoms with Crippen LogP contribution in [0.15, 0.2) is 0 Å². The molecule has 4 nitrogen and oxygen atoms in total. The van der Waals surface area contributed by atoms with Gasteiger partial charge >= 0.3 is 20.2 Å². The lowest BCUT2D eigenvalue weighted by molar-refractivity contribution is -0.168. The summed E-state index contributed by atoms with van der Waals surface area (Å²) >= 11 is 0. The molecule has 0 aromatic heterocycles. The monoisotopic (exact) mass is 334 g/mol. The molecule has 0 fully saturated rings. The second-order valence-corrected chi connectivity index (χ2v) is 10.8. The summed E-state index contributed by atoms with van der Waals surface area (Å²) in [5.41, 5.74) is 0. The lowest BCUT2D eigenvalue weighted by Crippen LogP contribution is -2.28. The molecular weight excluding hydrogens is 321 g/mol. The molecule has 0 aromatic rings. The van der Waals surface area contributed by atoms with Gasteiger partial charge in [0, 0.05) is 0 Å². The van der Waals surface area contributed by atoms with E-state index in [1.54, 1.807) is 0 Å². The van der Waals surface area contributed by atoms with Crippen LogP contribution in [0.1, 0.15) is 0 Å². The summed E-state index contributed by atoms with van der Waals surface area (Å²) in [6.45, 7) is 0.188. The van der Waals surface area contributed by atoms with Crippen LogP contribution >= 0.6 is 7.82 Å².